The molecule has 0 bridgehead atoms. The van der Waals surface area contributed by atoms with Gasteiger partial charge >= 0.3 is 0 Å². The van der Waals surface area contributed by atoms with Gasteiger partial charge in [0.25, 0.3) is 11.7 Å². The maximum Gasteiger partial charge on any atom is 0.300 e. The Kier molecular flexibility index (Phi) is 6.91. The van der Waals surface area contributed by atoms with Gasteiger partial charge in [-0.25, -0.2) is 0 Å². The molecule has 0 spiro atoms. The largest absolute Gasteiger partial charge is 0.507 e. The quantitative estimate of drug-likeness (QED) is 0.222. The summed E-state index contributed by atoms with van der Waals surface area (Å²) in [5.41, 5.74) is 2.98. The molecule has 0 radical (unpaired) electrons. The molecule has 1 N–H and O–H groups in total. The summed E-state index contributed by atoms with van der Waals surface area (Å²) < 4.78 is 5.52. The Hall–Kier alpha value is -3.28. The van der Waals surface area contributed by atoms with Gasteiger partial charge in [-0.05, 0) is 65.4 Å². The maximum atomic E-state index is 13.5. The van der Waals surface area contributed by atoms with Gasteiger partial charge in [0.15, 0.2) is 0 Å². The number of aliphatic hydroxyl groups excluding tert-OH is 1. The van der Waals surface area contributed by atoms with E-state index in [1.165, 1.54) is 12.0 Å². The second-order valence-corrected chi connectivity index (χ2v) is 10.7. The van der Waals surface area contributed by atoms with Crippen molar-refractivity contribution in [3.8, 4) is 5.75 Å². The minimum Gasteiger partial charge on any atom is -0.507 e. The van der Waals surface area contributed by atoms with Crippen LogP contribution in [0.15, 0.2) is 66.2 Å². The predicted octanol–water partition coefficient (Wildman–Crippen LogP) is 7.23. The van der Waals surface area contributed by atoms with Gasteiger partial charge in [0.05, 0.1) is 34.3 Å². The lowest BCUT2D eigenvalue weighted by atomic mass is 9.85. The number of rotatable bonds is 4. The van der Waals surface area contributed by atoms with E-state index in [9.17, 15) is 14.7 Å². The van der Waals surface area contributed by atoms with Crippen molar-refractivity contribution in [2.75, 3.05) is 12.0 Å². The van der Waals surface area contributed by atoms with Gasteiger partial charge in [0, 0.05) is 5.69 Å². The summed E-state index contributed by atoms with van der Waals surface area (Å²) in [7, 11) is 1.49. The fourth-order valence-electron chi connectivity index (χ4n) is 4.38. The van der Waals surface area contributed by atoms with Crippen LogP contribution < -0.4 is 9.64 Å². The summed E-state index contributed by atoms with van der Waals surface area (Å²) in [5, 5.41) is 12.2. The second-order valence-electron chi connectivity index (χ2n) is 9.85. The molecule has 1 fully saturated rings. The number of ether oxygens (including phenoxy) is 1. The van der Waals surface area contributed by atoms with Crippen molar-refractivity contribution in [3.63, 3.8) is 0 Å². The van der Waals surface area contributed by atoms with Crippen molar-refractivity contribution in [1.82, 2.24) is 0 Å². The fourth-order valence-corrected chi connectivity index (χ4v) is 4.69. The van der Waals surface area contributed by atoms with E-state index < -0.39 is 17.7 Å². The van der Waals surface area contributed by atoms with Gasteiger partial charge in [-0.15, -0.1) is 0 Å². The van der Waals surface area contributed by atoms with E-state index in [1.807, 2.05) is 52.0 Å². The molecule has 1 heterocycles. The molecule has 1 unspecified atom stereocenters. The summed E-state index contributed by atoms with van der Waals surface area (Å²) in [6.07, 6.45) is 0. The number of ketones is 1. The molecule has 4 rings (SSSR count). The predicted molar refractivity (Wildman–Crippen MR) is 144 cm³/mol. The number of hydrogen-bond acceptors (Lipinski definition) is 4. The molecular weight excluding hydrogens is 497 g/mol. The molecule has 3 aromatic carbocycles. The minimum atomic E-state index is -0.926. The van der Waals surface area contributed by atoms with Gasteiger partial charge in [0.1, 0.15) is 11.5 Å². The number of anilines is 1. The Morgan fingerprint density at radius 3 is 2.31 bits per heavy atom. The first-order chi connectivity index (χ1) is 16.9. The Balaban J connectivity index is 2.02. The Bertz CT molecular complexity index is 1400. The van der Waals surface area contributed by atoms with Crippen LogP contribution in [0.2, 0.25) is 10.0 Å². The van der Waals surface area contributed by atoms with E-state index >= 15 is 0 Å². The molecular formula is C29H27Cl2NO4. The Morgan fingerprint density at radius 1 is 0.972 bits per heavy atom. The van der Waals surface area contributed by atoms with Crippen LogP contribution in [0.1, 0.15) is 49.1 Å². The summed E-state index contributed by atoms with van der Waals surface area (Å²) in [6.45, 7) is 8.04. The highest BCUT2D eigenvalue weighted by atomic mass is 35.5. The number of Topliss-reactive ketones (excluding diaryl/α,β-unsaturated/α-hetero) is 1. The van der Waals surface area contributed by atoms with E-state index in [-0.39, 0.29) is 21.8 Å². The third-order valence-corrected chi connectivity index (χ3v) is 7.04. The number of benzene rings is 3. The number of carbonyl (C=O) groups is 2. The van der Waals surface area contributed by atoms with Crippen LogP contribution >= 0.6 is 23.2 Å². The number of aryl methyl sites for hydroxylation is 1. The molecule has 1 saturated heterocycles. The molecule has 0 saturated carbocycles. The van der Waals surface area contributed by atoms with Gasteiger partial charge in [0.2, 0.25) is 0 Å². The van der Waals surface area contributed by atoms with E-state index in [0.717, 1.165) is 11.1 Å². The Morgan fingerprint density at radius 2 is 1.69 bits per heavy atom. The van der Waals surface area contributed by atoms with E-state index in [1.54, 1.807) is 36.4 Å². The highest BCUT2D eigenvalue weighted by Crippen LogP contribution is 2.45. The van der Waals surface area contributed by atoms with Crippen molar-refractivity contribution in [2.24, 2.45) is 0 Å². The summed E-state index contributed by atoms with van der Waals surface area (Å²) in [6, 6.07) is 16.7. The summed E-state index contributed by atoms with van der Waals surface area (Å²) in [5.74, 6) is -1.48. The van der Waals surface area contributed by atoms with Crippen molar-refractivity contribution in [3.05, 3.63) is 98.5 Å². The molecule has 3 aromatic rings. The molecule has 1 amide bonds. The number of halogens is 2. The molecule has 1 atom stereocenters. The van der Waals surface area contributed by atoms with Crippen LogP contribution in [0.25, 0.3) is 5.76 Å². The van der Waals surface area contributed by atoms with Crippen molar-refractivity contribution < 1.29 is 19.4 Å². The Labute approximate surface area is 220 Å². The first-order valence-corrected chi connectivity index (χ1v) is 12.2. The second kappa shape index (κ2) is 9.64. The standard InChI is InChI=1S/C29H27Cl2NO4/c1-16-7-6-8-19(13-16)32-25(17-9-11-21(30)22(31)14-17)24(27(34)28(32)35)26(33)20-15-18(29(2,3)4)10-12-23(20)36-5/h6-15,25,33H,1-5H3/b26-24+. The number of aliphatic hydroxyl groups is 1. The van der Waals surface area contributed by atoms with Crippen LogP contribution in [-0.4, -0.2) is 23.9 Å². The topological polar surface area (TPSA) is 66.8 Å². The smallest absolute Gasteiger partial charge is 0.300 e. The fraction of sp³-hybridized carbons (Fsp3) is 0.241. The molecule has 1 aliphatic heterocycles. The monoisotopic (exact) mass is 523 g/mol. The molecule has 1 aliphatic rings. The molecule has 186 valence electrons. The first-order valence-electron chi connectivity index (χ1n) is 11.5. The van der Waals surface area contributed by atoms with Crippen LogP contribution in [0.4, 0.5) is 5.69 Å². The normalized spacial score (nSPS) is 17.5. The van der Waals surface area contributed by atoms with Crippen molar-refractivity contribution in [2.45, 2.75) is 39.2 Å². The minimum absolute atomic E-state index is 0.0516. The lowest BCUT2D eigenvalue weighted by Crippen LogP contribution is -2.29. The lowest BCUT2D eigenvalue weighted by Gasteiger charge is -2.26. The highest BCUT2D eigenvalue weighted by Gasteiger charge is 2.47. The van der Waals surface area contributed by atoms with Gasteiger partial charge in [-0.1, -0.05) is 68.2 Å². The van der Waals surface area contributed by atoms with Gasteiger partial charge < -0.3 is 9.84 Å². The first kappa shape index (κ1) is 25.8. The SMILES string of the molecule is COc1ccc(C(C)(C)C)cc1/C(O)=C1\C(=O)C(=O)N(c2cccc(C)c2)C1c1ccc(Cl)c(Cl)c1. The van der Waals surface area contributed by atoms with Gasteiger partial charge in [-0.2, -0.15) is 0 Å². The van der Waals surface area contributed by atoms with E-state index in [2.05, 4.69) is 0 Å². The number of hydrogen-bond donors (Lipinski definition) is 1. The number of nitrogens with zero attached hydrogens (tertiary/aromatic N) is 1. The molecule has 0 aliphatic carbocycles. The average molecular weight is 524 g/mol. The van der Waals surface area contributed by atoms with Crippen LogP contribution in [0.3, 0.4) is 0 Å². The molecule has 36 heavy (non-hydrogen) atoms. The highest BCUT2D eigenvalue weighted by molar-refractivity contribution is 6.52. The van der Waals surface area contributed by atoms with E-state index in [0.29, 0.717) is 27.6 Å². The zero-order valence-corrected chi connectivity index (χ0v) is 22.2. The number of methoxy groups -OCH3 is 1. The number of amides is 1. The zero-order valence-electron chi connectivity index (χ0n) is 20.7. The molecule has 5 nitrogen and oxygen atoms in total. The van der Waals surface area contributed by atoms with Crippen LogP contribution in [0, 0.1) is 6.92 Å². The van der Waals surface area contributed by atoms with Crippen molar-refractivity contribution in [1.29, 1.82) is 0 Å². The number of carbonyl (C=O) groups excluding carboxylic acids is 2. The van der Waals surface area contributed by atoms with Crippen LogP contribution in [-0.2, 0) is 15.0 Å². The third kappa shape index (κ3) is 4.61. The average Bonchev–Trinajstić information content (AvgIpc) is 3.09. The van der Waals surface area contributed by atoms with Crippen LogP contribution in [0.5, 0.6) is 5.75 Å². The summed E-state index contributed by atoms with van der Waals surface area (Å²) in [4.78, 5) is 28.3. The van der Waals surface area contributed by atoms with Gasteiger partial charge in [-0.3, -0.25) is 14.5 Å². The summed E-state index contributed by atoms with van der Waals surface area (Å²) >= 11 is 12.5. The molecule has 7 heteroatoms. The third-order valence-electron chi connectivity index (χ3n) is 6.30. The molecule has 0 aromatic heterocycles. The zero-order chi connectivity index (χ0) is 26.4. The maximum absolute atomic E-state index is 13.5. The van der Waals surface area contributed by atoms with Crippen molar-refractivity contribution >= 4 is 46.3 Å². The van der Waals surface area contributed by atoms with E-state index in [4.69, 9.17) is 27.9 Å². The lowest BCUT2D eigenvalue weighted by molar-refractivity contribution is -0.132.